The second kappa shape index (κ2) is 11.9. The summed E-state index contributed by atoms with van der Waals surface area (Å²) < 4.78 is 0. The van der Waals surface area contributed by atoms with E-state index in [1.807, 2.05) is 38.1 Å². The zero-order valence-corrected chi connectivity index (χ0v) is 13.3. The van der Waals surface area contributed by atoms with Crippen molar-refractivity contribution in [2.24, 2.45) is 5.92 Å². The molecule has 0 saturated heterocycles. The van der Waals surface area contributed by atoms with Gasteiger partial charge in [0.05, 0.1) is 0 Å². The molecular weight excluding hydrogens is 252 g/mol. The molecule has 0 bridgehead atoms. The fourth-order valence-corrected chi connectivity index (χ4v) is 2.03. The Hall–Kier alpha value is -0.940. The fraction of sp³-hybridized carbons (Fsp3) is 0.625. The fourth-order valence-electron chi connectivity index (χ4n) is 2.03. The molecule has 0 amide bonds. The van der Waals surface area contributed by atoms with Gasteiger partial charge in [-0.2, -0.15) is 5.48 Å². The van der Waals surface area contributed by atoms with Gasteiger partial charge in [-0.1, -0.05) is 45.9 Å². The molecule has 0 saturated carbocycles. The highest BCUT2D eigenvalue weighted by atomic mass is 16.5. The van der Waals surface area contributed by atoms with Gasteiger partial charge in [0.15, 0.2) is 5.69 Å². The molecule has 0 heterocycles. The molecule has 20 heavy (non-hydrogen) atoms. The van der Waals surface area contributed by atoms with Gasteiger partial charge in [-0.05, 0) is 18.9 Å². The Bertz CT molecular complexity index is 341. The van der Waals surface area contributed by atoms with E-state index >= 15 is 0 Å². The third kappa shape index (κ3) is 6.48. The van der Waals surface area contributed by atoms with E-state index in [9.17, 15) is 10.3 Å². The standard InChI is InChI=1S/C14H24N2O2.C2H6/c1-3-12(11-17)9-16(4-2)10-13-7-5-6-8-14(13)15-18;1-2/h5-8,12,15,17-18H,3-4,9-11H2,1-2H3;1-2H3/p+1. The van der Waals surface area contributed by atoms with Crippen LogP contribution in [0.15, 0.2) is 24.3 Å². The maximum Gasteiger partial charge on any atom is 0.166 e. The van der Waals surface area contributed by atoms with E-state index < -0.39 is 0 Å². The molecule has 1 aromatic carbocycles. The van der Waals surface area contributed by atoms with Crippen LogP contribution in [-0.4, -0.2) is 34.9 Å². The van der Waals surface area contributed by atoms with Gasteiger partial charge < -0.3 is 5.11 Å². The second-order valence-corrected chi connectivity index (χ2v) is 4.61. The molecular formula is C16H31N2O2+. The highest BCUT2D eigenvalue weighted by Crippen LogP contribution is 2.14. The number of nitrogens with zero attached hydrogens (tertiary/aromatic N) is 1. The Kier molecular flexibility index (Phi) is 11.3. The van der Waals surface area contributed by atoms with Crippen molar-refractivity contribution in [2.45, 2.75) is 40.7 Å². The van der Waals surface area contributed by atoms with Crippen LogP contribution in [0.1, 0.15) is 39.7 Å². The van der Waals surface area contributed by atoms with Gasteiger partial charge in [-0.3, -0.25) is 4.90 Å². The lowest BCUT2D eigenvalue weighted by Gasteiger charge is -2.24. The molecule has 0 fully saturated rings. The number of aliphatic hydroxyl groups is 1. The topological polar surface area (TPSA) is 60.3 Å². The highest BCUT2D eigenvalue weighted by Gasteiger charge is 2.13. The van der Waals surface area contributed by atoms with Gasteiger partial charge in [0.25, 0.3) is 0 Å². The summed E-state index contributed by atoms with van der Waals surface area (Å²) in [6.07, 6.45) is 0.987. The van der Waals surface area contributed by atoms with Gasteiger partial charge in [0, 0.05) is 31.3 Å². The molecule has 4 nitrogen and oxygen atoms in total. The number of aliphatic hydroxyl groups excluding tert-OH is 1. The maximum absolute atomic E-state index is 9.26. The van der Waals surface area contributed by atoms with Crippen LogP contribution in [0.4, 0.5) is 5.69 Å². The van der Waals surface area contributed by atoms with Crippen molar-refractivity contribution >= 4 is 5.69 Å². The first kappa shape index (κ1) is 19.1. The van der Waals surface area contributed by atoms with Crippen molar-refractivity contribution in [1.29, 1.82) is 0 Å². The van der Waals surface area contributed by atoms with Crippen LogP contribution in [0.3, 0.4) is 0 Å². The average Bonchev–Trinajstić information content (AvgIpc) is 2.53. The zero-order valence-electron chi connectivity index (χ0n) is 13.3. The normalized spacial score (nSPS) is 11.9. The predicted octanol–water partition coefficient (Wildman–Crippen LogP) is 2.14. The van der Waals surface area contributed by atoms with Crippen molar-refractivity contribution in [2.75, 3.05) is 19.7 Å². The molecule has 1 aromatic rings. The molecule has 4 heteroatoms. The summed E-state index contributed by atoms with van der Waals surface area (Å²) >= 11 is 0. The minimum atomic E-state index is 0.237. The summed E-state index contributed by atoms with van der Waals surface area (Å²) in [5, 5.41) is 18.5. The summed E-state index contributed by atoms with van der Waals surface area (Å²) in [6, 6.07) is 7.85. The van der Waals surface area contributed by atoms with Crippen LogP contribution < -0.4 is 5.48 Å². The van der Waals surface area contributed by atoms with Gasteiger partial charge >= 0.3 is 0 Å². The Morgan fingerprint density at radius 2 is 1.85 bits per heavy atom. The van der Waals surface area contributed by atoms with Crippen LogP contribution in [0.5, 0.6) is 0 Å². The zero-order chi connectivity index (χ0) is 15.4. The van der Waals surface area contributed by atoms with Crippen LogP contribution in [-0.2, 0) is 6.54 Å². The summed E-state index contributed by atoms with van der Waals surface area (Å²) in [5.41, 5.74) is 3.15. The van der Waals surface area contributed by atoms with Gasteiger partial charge in [-0.25, -0.2) is 5.21 Å². The Morgan fingerprint density at radius 3 is 2.35 bits per heavy atom. The summed E-state index contributed by atoms with van der Waals surface area (Å²) in [6.45, 7) is 11.1. The number of hydrogen-bond acceptors (Lipinski definition) is 3. The minimum Gasteiger partial charge on any atom is -0.396 e. The second-order valence-electron chi connectivity index (χ2n) is 4.61. The van der Waals surface area contributed by atoms with E-state index in [0.717, 1.165) is 42.8 Å². The number of nitrogens with two attached hydrogens (primary N) is 1. The van der Waals surface area contributed by atoms with E-state index in [-0.39, 0.29) is 6.61 Å². The SMILES string of the molecule is CC.CCC(CO)CN(CC)Cc1ccccc1[NH2+]O. The molecule has 0 spiro atoms. The summed E-state index contributed by atoms with van der Waals surface area (Å²) in [5.74, 6) is 0.329. The lowest BCUT2D eigenvalue weighted by Crippen LogP contribution is -2.74. The molecule has 0 aromatic heterocycles. The predicted molar refractivity (Wildman–Crippen MR) is 83.0 cm³/mol. The van der Waals surface area contributed by atoms with Gasteiger partial charge in [-0.15, -0.1) is 0 Å². The largest absolute Gasteiger partial charge is 0.396 e. The maximum atomic E-state index is 9.26. The first-order chi connectivity index (χ1) is 9.74. The number of benzene rings is 1. The summed E-state index contributed by atoms with van der Waals surface area (Å²) in [7, 11) is 0. The van der Waals surface area contributed by atoms with Crippen molar-refractivity contribution in [3.8, 4) is 0 Å². The Balaban J connectivity index is 0.00000172. The van der Waals surface area contributed by atoms with E-state index in [0.29, 0.717) is 5.92 Å². The quantitative estimate of drug-likeness (QED) is 0.506. The molecule has 1 rings (SSSR count). The lowest BCUT2D eigenvalue weighted by molar-refractivity contribution is -0.826. The number of quaternary nitrogens is 1. The number of hydrogen-bond donors (Lipinski definition) is 3. The first-order valence-electron chi connectivity index (χ1n) is 7.63. The minimum absolute atomic E-state index is 0.237. The van der Waals surface area contributed by atoms with Crippen LogP contribution in [0.2, 0.25) is 0 Å². The van der Waals surface area contributed by atoms with Crippen LogP contribution in [0, 0.1) is 5.92 Å². The van der Waals surface area contributed by atoms with Crippen molar-refractivity contribution in [1.82, 2.24) is 4.90 Å². The molecule has 4 N–H and O–H groups in total. The van der Waals surface area contributed by atoms with E-state index in [2.05, 4.69) is 18.7 Å². The van der Waals surface area contributed by atoms with E-state index in [1.165, 1.54) is 0 Å². The highest BCUT2D eigenvalue weighted by molar-refractivity contribution is 5.38. The average molecular weight is 283 g/mol. The monoisotopic (exact) mass is 283 g/mol. The van der Waals surface area contributed by atoms with Gasteiger partial charge in [0.2, 0.25) is 0 Å². The van der Waals surface area contributed by atoms with Crippen molar-refractivity contribution in [3.63, 3.8) is 0 Å². The van der Waals surface area contributed by atoms with Crippen molar-refractivity contribution in [3.05, 3.63) is 29.8 Å². The van der Waals surface area contributed by atoms with Crippen molar-refractivity contribution < 1.29 is 15.8 Å². The smallest absolute Gasteiger partial charge is 0.166 e. The third-order valence-corrected chi connectivity index (χ3v) is 3.39. The van der Waals surface area contributed by atoms with Crippen LogP contribution >= 0.6 is 0 Å². The lowest BCUT2D eigenvalue weighted by atomic mass is 10.1. The molecule has 0 aliphatic carbocycles. The van der Waals surface area contributed by atoms with E-state index in [4.69, 9.17) is 0 Å². The molecule has 0 radical (unpaired) electrons. The molecule has 1 unspecified atom stereocenters. The molecule has 116 valence electrons. The van der Waals surface area contributed by atoms with E-state index in [1.54, 1.807) is 0 Å². The Morgan fingerprint density at radius 1 is 1.20 bits per heavy atom. The number of rotatable bonds is 8. The molecule has 0 aliphatic rings. The van der Waals surface area contributed by atoms with Crippen LogP contribution in [0.25, 0.3) is 0 Å². The number of para-hydroxylation sites is 1. The molecule has 1 atom stereocenters. The van der Waals surface area contributed by atoms with Gasteiger partial charge in [0.1, 0.15) is 0 Å². The Labute approximate surface area is 123 Å². The third-order valence-electron chi connectivity index (χ3n) is 3.39. The molecule has 0 aliphatic heterocycles. The summed E-state index contributed by atoms with van der Waals surface area (Å²) in [4.78, 5) is 2.30. The first-order valence-corrected chi connectivity index (χ1v) is 7.63.